The Morgan fingerprint density at radius 2 is 1.84 bits per heavy atom. The lowest BCUT2D eigenvalue weighted by atomic mass is 10.1. The van der Waals surface area contributed by atoms with Crippen LogP contribution in [0.5, 0.6) is 17.2 Å². The van der Waals surface area contributed by atoms with Crippen molar-refractivity contribution >= 4 is 17.5 Å². The number of aliphatic hydroxyl groups is 1. The number of ether oxygens (including phenoxy) is 3. The fraction of sp³-hybridized carbons (Fsp3) is 0.364. The van der Waals surface area contributed by atoms with E-state index >= 15 is 0 Å². The number of aliphatic hydroxyl groups excluding tert-OH is 1. The van der Waals surface area contributed by atoms with Gasteiger partial charge in [-0.25, -0.2) is 0 Å². The fourth-order valence-electron chi connectivity index (χ4n) is 3.74. The van der Waals surface area contributed by atoms with Crippen LogP contribution in [-0.2, 0) is 4.79 Å². The number of rotatable bonds is 6. The Hall–Kier alpha value is -3.46. The second-order valence-corrected chi connectivity index (χ2v) is 7.26. The maximum absolute atomic E-state index is 12.9. The maximum Gasteiger partial charge on any atom is 0.252 e. The molecule has 9 heteroatoms. The molecule has 0 unspecified atom stereocenters. The van der Waals surface area contributed by atoms with E-state index in [1.165, 1.54) is 0 Å². The second-order valence-electron chi connectivity index (χ2n) is 7.26. The Morgan fingerprint density at radius 3 is 2.58 bits per heavy atom. The Labute approximate surface area is 180 Å². The number of benzene rings is 2. The van der Waals surface area contributed by atoms with Gasteiger partial charge in [-0.2, -0.15) is 0 Å². The Kier molecular flexibility index (Phi) is 6.13. The summed E-state index contributed by atoms with van der Waals surface area (Å²) in [6.07, 6.45) is 0. The molecule has 2 aromatic rings. The predicted octanol–water partition coefficient (Wildman–Crippen LogP) is 0.863. The first-order valence-corrected chi connectivity index (χ1v) is 10.1. The highest BCUT2D eigenvalue weighted by Crippen LogP contribution is 2.32. The summed E-state index contributed by atoms with van der Waals surface area (Å²) in [4.78, 5) is 29.3. The van der Waals surface area contributed by atoms with E-state index < -0.39 is 18.6 Å². The minimum Gasteiger partial charge on any atom is -0.495 e. The van der Waals surface area contributed by atoms with Crippen molar-refractivity contribution in [1.82, 2.24) is 10.2 Å². The zero-order valence-corrected chi connectivity index (χ0v) is 17.2. The van der Waals surface area contributed by atoms with Crippen LogP contribution in [0.1, 0.15) is 10.4 Å². The molecule has 0 aliphatic carbocycles. The molecule has 1 atom stereocenters. The molecule has 1 saturated heterocycles. The van der Waals surface area contributed by atoms with Crippen molar-refractivity contribution in [3.05, 3.63) is 48.0 Å². The van der Waals surface area contributed by atoms with Crippen LogP contribution in [0.2, 0.25) is 0 Å². The van der Waals surface area contributed by atoms with Gasteiger partial charge < -0.3 is 34.4 Å². The van der Waals surface area contributed by atoms with Gasteiger partial charge in [-0.3, -0.25) is 9.59 Å². The van der Waals surface area contributed by atoms with Gasteiger partial charge in [0.2, 0.25) is 12.7 Å². The molecule has 164 valence electrons. The highest BCUT2D eigenvalue weighted by Gasteiger charge is 2.29. The minimum absolute atomic E-state index is 0.110. The summed E-state index contributed by atoms with van der Waals surface area (Å²) >= 11 is 0. The van der Waals surface area contributed by atoms with Crippen molar-refractivity contribution in [2.24, 2.45) is 0 Å². The molecule has 9 nitrogen and oxygen atoms in total. The van der Waals surface area contributed by atoms with Crippen LogP contribution in [-0.4, -0.2) is 74.6 Å². The summed E-state index contributed by atoms with van der Waals surface area (Å²) in [6, 6.07) is 11.5. The first-order chi connectivity index (χ1) is 15.1. The quantitative estimate of drug-likeness (QED) is 0.705. The lowest BCUT2D eigenvalue weighted by molar-refractivity contribution is -0.134. The van der Waals surface area contributed by atoms with Gasteiger partial charge in [0.25, 0.3) is 5.91 Å². The molecule has 2 aromatic carbocycles. The summed E-state index contributed by atoms with van der Waals surface area (Å²) in [5, 5.41) is 12.4. The zero-order chi connectivity index (χ0) is 21.8. The van der Waals surface area contributed by atoms with Crippen molar-refractivity contribution in [3.63, 3.8) is 0 Å². The van der Waals surface area contributed by atoms with Crippen molar-refractivity contribution in [2.75, 3.05) is 51.6 Å². The fourth-order valence-corrected chi connectivity index (χ4v) is 3.74. The Balaban J connectivity index is 1.36. The van der Waals surface area contributed by atoms with Gasteiger partial charge in [-0.1, -0.05) is 12.1 Å². The number of piperazine rings is 1. The third-order valence-corrected chi connectivity index (χ3v) is 5.44. The molecule has 2 heterocycles. The molecule has 2 amide bonds. The van der Waals surface area contributed by atoms with E-state index in [2.05, 4.69) is 10.2 Å². The van der Waals surface area contributed by atoms with Crippen LogP contribution >= 0.6 is 0 Å². The highest BCUT2D eigenvalue weighted by atomic mass is 16.7. The standard InChI is InChI=1S/C22H25N3O6/c1-29-18-5-3-2-4-17(18)24-8-10-25(11-9-24)22(28)16(13-26)23-21(27)15-6-7-19-20(12-15)31-14-30-19/h2-7,12,16,26H,8-11,13-14H2,1H3,(H,23,27)/t16-/m0/s1. The minimum atomic E-state index is -1.02. The van der Waals surface area contributed by atoms with Gasteiger partial charge in [0, 0.05) is 31.7 Å². The monoisotopic (exact) mass is 427 g/mol. The second kappa shape index (κ2) is 9.13. The zero-order valence-electron chi connectivity index (χ0n) is 17.2. The molecule has 31 heavy (non-hydrogen) atoms. The summed E-state index contributed by atoms with van der Waals surface area (Å²) in [6.45, 7) is 1.84. The van der Waals surface area contributed by atoms with Crippen molar-refractivity contribution in [2.45, 2.75) is 6.04 Å². The summed E-state index contributed by atoms with van der Waals surface area (Å²) in [5.41, 5.74) is 1.31. The highest BCUT2D eigenvalue weighted by molar-refractivity contribution is 5.98. The number of nitrogens with zero attached hydrogens (tertiary/aromatic N) is 2. The molecular formula is C22H25N3O6. The number of amides is 2. The molecule has 0 bridgehead atoms. The molecular weight excluding hydrogens is 402 g/mol. The van der Waals surface area contributed by atoms with Crippen LogP contribution in [0.15, 0.2) is 42.5 Å². The molecule has 4 rings (SSSR count). The molecule has 0 saturated carbocycles. The van der Waals surface area contributed by atoms with E-state index in [9.17, 15) is 14.7 Å². The van der Waals surface area contributed by atoms with Crippen LogP contribution in [0.25, 0.3) is 0 Å². The smallest absolute Gasteiger partial charge is 0.252 e. The Morgan fingerprint density at radius 1 is 1.10 bits per heavy atom. The number of para-hydroxylation sites is 2. The van der Waals surface area contributed by atoms with Crippen LogP contribution in [0.4, 0.5) is 5.69 Å². The van der Waals surface area contributed by atoms with Gasteiger partial charge in [0.1, 0.15) is 11.8 Å². The van der Waals surface area contributed by atoms with Gasteiger partial charge in [-0.05, 0) is 30.3 Å². The molecule has 1 fully saturated rings. The van der Waals surface area contributed by atoms with Crippen LogP contribution in [0.3, 0.4) is 0 Å². The van der Waals surface area contributed by atoms with E-state index in [1.54, 1.807) is 30.2 Å². The Bertz CT molecular complexity index is 958. The SMILES string of the molecule is COc1ccccc1N1CCN(C(=O)[C@H](CO)NC(=O)c2ccc3c(c2)OCO3)CC1. The third kappa shape index (κ3) is 4.36. The number of hydrogen-bond donors (Lipinski definition) is 2. The number of nitrogens with one attached hydrogen (secondary N) is 1. The van der Waals surface area contributed by atoms with Crippen LogP contribution < -0.4 is 24.4 Å². The molecule has 2 aliphatic heterocycles. The molecule has 0 aromatic heterocycles. The van der Waals surface area contributed by atoms with Crippen LogP contribution in [0, 0.1) is 0 Å². The molecule has 2 N–H and O–H groups in total. The molecule has 2 aliphatic rings. The average Bonchev–Trinajstić information content (AvgIpc) is 3.30. The molecule has 0 spiro atoms. The average molecular weight is 427 g/mol. The van der Waals surface area contributed by atoms with E-state index in [1.807, 2.05) is 24.3 Å². The number of carbonyl (C=O) groups excluding carboxylic acids is 2. The van der Waals surface area contributed by atoms with E-state index in [-0.39, 0.29) is 12.7 Å². The van der Waals surface area contributed by atoms with E-state index in [0.717, 1.165) is 11.4 Å². The summed E-state index contributed by atoms with van der Waals surface area (Å²) in [7, 11) is 1.63. The summed E-state index contributed by atoms with van der Waals surface area (Å²) in [5.74, 6) is 1.06. The van der Waals surface area contributed by atoms with E-state index in [0.29, 0.717) is 43.2 Å². The van der Waals surface area contributed by atoms with Crippen molar-refractivity contribution in [3.8, 4) is 17.2 Å². The largest absolute Gasteiger partial charge is 0.495 e. The topological polar surface area (TPSA) is 101 Å². The maximum atomic E-state index is 12.9. The first-order valence-electron chi connectivity index (χ1n) is 10.1. The number of hydrogen-bond acceptors (Lipinski definition) is 7. The number of fused-ring (bicyclic) bond motifs is 1. The van der Waals surface area contributed by atoms with Gasteiger partial charge >= 0.3 is 0 Å². The van der Waals surface area contributed by atoms with Crippen molar-refractivity contribution < 1.29 is 28.9 Å². The van der Waals surface area contributed by atoms with Gasteiger partial charge in [0.05, 0.1) is 19.4 Å². The number of methoxy groups -OCH3 is 1. The number of anilines is 1. The number of carbonyl (C=O) groups is 2. The summed E-state index contributed by atoms with van der Waals surface area (Å²) < 4.78 is 15.9. The van der Waals surface area contributed by atoms with Crippen molar-refractivity contribution in [1.29, 1.82) is 0 Å². The normalized spacial score (nSPS) is 16.1. The van der Waals surface area contributed by atoms with Gasteiger partial charge in [0.15, 0.2) is 11.5 Å². The van der Waals surface area contributed by atoms with E-state index in [4.69, 9.17) is 14.2 Å². The third-order valence-electron chi connectivity index (χ3n) is 5.44. The first kappa shape index (κ1) is 20.8. The predicted molar refractivity (Wildman–Crippen MR) is 113 cm³/mol. The van der Waals surface area contributed by atoms with Gasteiger partial charge in [-0.15, -0.1) is 0 Å². The lowest BCUT2D eigenvalue weighted by Gasteiger charge is -2.37. The lowest BCUT2D eigenvalue weighted by Crippen LogP contribution is -2.56. The molecule has 0 radical (unpaired) electrons.